The van der Waals surface area contributed by atoms with Gasteiger partial charge in [0.15, 0.2) is 12.2 Å². The van der Waals surface area contributed by atoms with Crippen LogP contribution in [0, 0.1) is 0 Å². The summed E-state index contributed by atoms with van der Waals surface area (Å²) in [7, 11) is 0. The van der Waals surface area contributed by atoms with E-state index in [0.29, 0.717) is 23.0 Å². The molecule has 0 aliphatic carbocycles. The molecule has 4 rings (SSSR count). The Labute approximate surface area is 257 Å². The molecule has 0 saturated carbocycles. The maximum atomic E-state index is 12.3. The number of carbonyl (C=O) groups is 2. The van der Waals surface area contributed by atoms with Crippen LogP contribution in [0.1, 0.15) is 13.8 Å². The van der Waals surface area contributed by atoms with E-state index < -0.39 is 24.1 Å². The maximum absolute atomic E-state index is 12.3. The second kappa shape index (κ2) is 15.8. The van der Waals surface area contributed by atoms with E-state index in [0.717, 1.165) is 10.8 Å². The number of ether oxygens (including phenoxy) is 6. The van der Waals surface area contributed by atoms with E-state index in [9.17, 15) is 9.59 Å². The van der Waals surface area contributed by atoms with Crippen molar-refractivity contribution >= 4 is 22.7 Å². The number of benzene rings is 4. The minimum absolute atomic E-state index is 0.0474. The molecule has 0 bridgehead atoms. The fourth-order valence-corrected chi connectivity index (χ4v) is 4.01. The minimum Gasteiger partial charge on any atom is -0.490 e. The van der Waals surface area contributed by atoms with E-state index in [4.69, 9.17) is 28.4 Å². The summed E-state index contributed by atoms with van der Waals surface area (Å²) < 4.78 is 35.1. The third kappa shape index (κ3) is 9.39. The number of hydrogen-bond donors (Lipinski definition) is 0. The quantitative estimate of drug-likeness (QED) is 0.104. The van der Waals surface area contributed by atoms with Gasteiger partial charge in [0.1, 0.15) is 49.4 Å². The third-order valence-electron chi connectivity index (χ3n) is 6.30. The first kappa shape index (κ1) is 31.7. The van der Waals surface area contributed by atoms with Gasteiger partial charge in [0.2, 0.25) is 0 Å². The normalized spacial score (nSPS) is 12.0. The third-order valence-corrected chi connectivity index (χ3v) is 6.30. The summed E-state index contributed by atoms with van der Waals surface area (Å²) in [5.74, 6) is 1.39. The second-order valence-electron chi connectivity index (χ2n) is 10.1. The fraction of sp³-hybridized carbons (Fsp3) is 0.222. The summed E-state index contributed by atoms with van der Waals surface area (Å²) in [6.45, 7) is 10.8. The molecular formula is C36H36O8. The van der Waals surface area contributed by atoms with Crippen molar-refractivity contribution in [3.63, 3.8) is 0 Å². The predicted octanol–water partition coefficient (Wildman–Crippen LogP) is 6.73. The molecule has 0 amide bonds. The molecule has 0 aliphatic rings. The van der Waals surface area contributed by atoms with E-state index in [1.807, 2.05) is 84.9 Å². The number of rotatable bonds is 16. The smallest absolute Gasteiger partial charge is 0.333 e. The Morgan fingerprint density at radius 1 is 0.523 bits per heavy atom. The van der Waals surface area contributed by atoms with Crippen LogP contribution < -0.4 is 18.9 Å². The minimum atomic E-state index is -0.692. The van der Waals surface area contributed by atoms with Crippen LogP contribution in [0.3, 0.4) is 0 Å². The Kier molecular flexibility index (Phi) is 11.4. The van der Waals surface area contributed by atoms with Crippen LogP contribution in [0.25, 0.3) is 10.8 Å². The van der Waals surface area contributed by atoms with Crippen molar-refractivity contribution in [2.75, 3.05) is 26.4 Å². The molecule has 2 unspecified atom stereocenters. The van der Waals surface area contributed by atoms with Gasteiger partial charge in [0.25, 0.3) is 0 Å². The predicted molar refractivity (Wildman–Crippen MR) is 168 cm³/mol. The zero-order valence-electron chi connectivity index (χ0n) is 24.9. The molecule has 8 nitrogen and oxygen atoms in total. The SMILES string of the molecule is C=C(C)C(=O)OC(COc1ccccc1)COc1ccc(OCC(COc2ccccc2)OC(=O)C(=C)C)c2ccccc12. The van der Waals surface area contributed by atoms with Crippen LogP contribution in [-0.4, -0.2) is 50.6 Å². The van der Waals surface area contributed by atoms with Gasteiger partial charge in [-0.25, -0.2) is 9.59 Å². The number of fused-ring (bicyclic) bond motifs is 1. The first-order valence-corrected chi connectivity index (χ1v) is 14.2. The van der Waals surface area contributed by atoms with Crippen molar-refractivity contribution in [3.05, 3.63) is 121 Å². The Bertz CT molecular complexity index is 1450. The molecule has 228 valence electrons. The Hall–Kier alpha value is -5.24. The standard InChI is InChI=1S/C36H36O8/c1-25(2)35(37)43-29(21-39-27-13-7-5-8-14-27)23-41-33-19-20-34(32-18-12-11-17-31(32)33)42-24-30(44-36(38)26(3)4)22-40-28-15-9-6-10-16-28/h5-20,29-30H,1,3,21-24H2,2,4H3. The second-order valence-corrected chi connectivity index (χ2v) is 10.1. The van der Waals surface area contributed by atoms with Crippen molar-refractivity contribution in [1.29, 1.82) is 0 Å². The van der Waals surface area contributed by atoms with Gasteiger partial charge in [-0.1, -0.05) is 73.8 Å². The summed E-state index contributed by atoms with van der Waals surface area (Å²) in [5, 5.41) is 1.57. The van der Waals surface area contributed by atoms with E-state index in [1.54, 1.807) is 26.0 Å². The summed E-state index contributed by atoms with van der Waals surface area (Å²) in [5.41, 5.74) is 0.561. The van der Waals surface area contributed by atoms with E-state index >= 15 is 0 Å². The topological polar surface area (TPSA) is 89.5 Å². The zero-order chi connectivity index (χ0) is 31.3. The van der Waals surface area contributed by atoms with Crippen molar-refractivity contribution in [1.82, 2.24) is 0 Å². The lowest BCUT2D eigenvalue weighted by molar-refractivity contribution is -0.148. The lowest BCUT2D eigenvalue weighted by atomic mass is 10.1. The summed E-state index contributed by atoms with van der Waals surface area (Å²) in [6, 6.07) is 29.7. The highest BCUT2D eigenvalue weighted by molar-refractivity contribution is 5.93. The van der Waals surface area contributed by atoms with Crippen molar-refractivity contribution in [3.8, 4) is 23.0 Å². The molecule has 0 heterocycles. The molecule has 0 saturated heterocycles. The zero-order valence-corrected chi connectivity index (χ0v) is 24.9. The molecule has 44 heavy (non-hydrogen) atoms. The van der Waals surface area contributed by atoms with Crippen molar-refractivity contribution in [2.24, 2.45) is 0 Å². The van der Waals surface area contributed by atoms with Gasteiger partial charge in [-0.3, -0.25) is 0 Å². The highest BCUT2D eigenvalue weighted by atomic mass is 16.6. The van der Waals surface area contributed by atoms with Gasteiger partial charge >= 0.3 is 11.9 Å². The molecule has 8 heteroatoms. The van der Waals surface area contributed by atoms with Crippen LogP contribution in [-0.2, 0) is 19.1 Å². The average Bonchev–Trinajstić information content (AvgIpc) is 3.04. The van der Waals surface area contributed by atoms with Crippen LogP contribution in [0.5, 0.6) is 23.0 Å². The Morgan fingerprint density at radius 3 is 1.23 bits per heavy atom. The summed E-state index contributed by atoms with van der Waals surface area (Å²) in [6.07, 6.45) is -1.38. The molecule has 2 atom stereocenters. The van der Waals surface area contributed by atoms with Gasteiger partial charge in [0, 0.05) is 21.9 Å². The maximum Gasteiger partial charge on any atom is 0.333 e. The molecule has 4 aromatic carbocycles. The molecule has 4 aromatic rings. The number of esters is 2. The van der Waals surface area contributed by atoms with E-state index in [1.165, 1.54) is 0 Å². The molecule has 0 fully saturated rings. The Balaban J connectivity index is 1.46. The molecular weight excluding hydrogens is 560 g/mol. The van der Waals surface area contributed by atoms with Gasteiger partial charge in [0.05, 0.1) is 0 Å². The van der Waals surface area contributed by atoms with Crippen LogP contribution in [0.15, 0.2) is 121 Å². The van der Waals surface area contributed by atoms with E-state index in [2.05, 4.69) is 13.2 Å². The number of para-hydroxylation sites is 2. The lowest BCUT2D eigenvalue weighted by Crippen LogP contribution is -2.31. The van der Waals surface area contributed by atoms with E-state index in [-0.39, 0.29) is 37.6 Å². The van der Waals surface area contributed by atoms with Gasteiger partial charge < -0.3 is 28.4 Å². The average molecular weight is 597 g/mol. The van der Waals surface area contributed by atoms with Gasteiger partial charge in [-0.2, -0.15) is 0 Å². The number of hydrogen-bond acceptors (Lipinski definition) is 8. The first-order chi connectivity index (χ1) is 21.3. The molecule has 0 N–H and O–H groups in total. The Morgan fingerprint density at radius 2 is 0.864 bits per heavy atom. The highest BCUT2D eigenvalue weighted by Gasteiger charge is 2.20. The van der Waals surface area contributed by atoms with Crippen LogP contribution in [0.2, 0.25) is 0 Å². The largest absolute Gasteiger partial charge is 0.490 e. The van der Waals surface area contributed by atoms with Crippen molar-refractivity contribution < 1.29 is 38.0 Å². The first-order valence-electron chi connectivity index (χ1n) is 14.2. The molecule has 0 spiro atoms. The van der Waals surface area contributed by atoms with Crippen LogP contribution >= 0.6 is 0 Å². The molecule has 0 radical (unpaired) electrons. The monoisotopic (exact) mass is 596 g/mol. The van der Waals surface area contributed by atoms with Crippen molar-refractivity contribution in [2.45, 2.75) is 26.1 Å². The van der Waals surface area contributed by atoms with Crippen LogP contribution in [0.4, 0.5) is 0 Å². The summed E-state index contributed by atoms with van der Waals surface area (Å²) in [4.78, 5) is 24.6. The molecule has 0 aromatic heterocycles. The van der Waals surface area contributed by atoms with Gasteiger partial charge in [-0.05, 0) is 50.2 Å². The molecule has 0 aliphatic heterocycles. The fourth-order valence-electron chi connectivity index (χ4n) is 4.01. The number of carbonyl (C=O) groups excluding carboxylic acids is 2. The lowest BCUT2D eigenvalue weighted by Gasteiger charge is -2.21. The highest BCUT2D eigenvalue weighted by Crippen LogP contribution is 2.33. The summed E-state index contributed by atoms with van der Waals surface area (Å²) >= 11 is 0. The van der Waals surface area contributed by atoms with Gasteiger partial charge in [-0.15, -0.1) is 0 Å².